The molecule has 1 fully saturated rings. The van der Waals surface area contributed by atoms with Crippen molar-refractivity contribution in [2.45, 2.75) is 31.8 Å². The molecule has 1 atom stereocenters. The van der Waals surface area contributed by atoms with Gasteiger partial charge in [-0.1, -0.05) is 12.1 Å². The van der Waals surface area contributed by atoms with Gasteiger partial charge in [0, 0.05) is 38.0 Å². The maximum absolute atomic E-state index is 13.8. The molecule has 2 amide bonds. The summed E-state index contributed by atoms with van der Waals surface area (Å²) in [7, 11) is 1.36. The van der Waals surface area contributed by atoms with Gasteiger partial charge in [-0.25, -0.2) is 8.78 Å². The average molecular weight is 340 g/mol. The zero-order valence-corrected chi connectivity index (χ0v) is 13.2. The Morgan fingerprint density at radius 3 is 2.75 bits per heavy atom. The highest BCUT2D eigenvalue weighted by molar-refractivity contribution is 5.84. The van der Waals surface area contributed by atoms with Crippen molar-refractivity contribution in [1.29, 1.82) is 0 Å². The van der Waals surface area contributed by atoms with Crippen molar-refractivity contribution in [2.24, 2.45) is 0 Å². The number of carboxylic acids is 1. The fourth-order valence-electron chi connectivity index (χ4n) is 2.73. The standard InChI is InChI=1S/C16H18F2N2O4/c1-19(9-15(23)24)14(22)7-11-5-6-13(21)20(11)8-10-3-2-4-12(17)16(10)18/h2-4,11H,5-9H2,1H3,(H,23,24)/t11-/m1/s1. The molecule has 0 radical (unpaired) electrons. The van der Waals surface area contributed by atoms with E-state index >= 15 is 0 Å². The summed E-state index contributed by atoms with van der Waals surface area (Å²) in [5, 5.41) is 8.70. The van der Waals surface area contributed by atoms with Gasteiger partial charge in [-0.15, -0.1) is 0 Å². The number of rotatable bonds is 6. The van der Waals surface area contributed by atoms with Crippen molar-refractivity contribution in [2.75, 3.05) is 13.6 Å². The quantitative estimate of drug-likeness (QED) is 0.849. The molecule has 0 bridgehead atoms. The van der Waals surface area contributed by atoms with Gasteiger partial charge in [0.1, 0.15) is 6.54 Å². The van der Waals surface area contributed by atoms with Crippen molar-refractivity contribution in [3.8, 4) is 0 Å². The van der Waals surface area contributed by atoms with Crippen LogP contribution in [0.4, 0.5) is 8.78 Å². The van der Waals surface area contributed by atoms with Crippen LogP contribution in [0.15, 0.2) is 18.2 Å². The van der Waals surface area contributed by atoms with Crippen LogP contribution in [0.2, 0.25) is 0 Å². The largest absolute Gasteiger partial charge is 0.480 e. The van der Waals surface area contributed by atoms with E-state index in [0.29, 0.717) is 6.42 Å². The van der Waals surface area contributed by atoms with Gasteiger partial charge < -0.3 is 14.9 Å². The first-order chi connectivity index (χ1) is 11.3. The molecule has 0 unspecified atom stereocenters. The maximum Gasteiger partial charge on any atom is 0.323 e. The number of amides is 2. The predicted molar refractivity (Wildman–Crippen MR) is 79.8 cm³/mol. The second-order valence-electron chi connectivity index (χ2n) is 5.77. The molecule has 1 aliphatic rings. The van der Waals surface area contributed by atoms with Gasteiger partial charge in [-0.2, -0.15) is 0 Å². The van der Waals surface area contributed by atoms with Gasteiger partial charge >= 0.3 is 5.97 Å². The summed E-state index contributed by atoms with van der Waals surface area (Å²) < 4.78 is 27.1. The minimum Gasteiger partial charge on any atom is -0.480 e. The molecular formula is C16H18F2N2O4. The van der Waals surface area contributed by atoms with E-state index in [1.165, 1.54) is 24.1 Å². The highest BCUT2D eigenvalue weighted by atomic mass is 19.2. The summed E-state index contributed by atoms with van der Waals surface area (Å²) in [6.07, 6.45) is 0.590. The molecule has 0 spiro atoms. The van der Waals surface area contributed by atoms with E-state index in [9.17, 15) is 23.2 Å². The lowest BCUT2D eigenvalue weighted by Gasteiger charge is -2.26. The third kappa shape index (κ3) is 4.06. The van der Waals surface area contributed by atoms with Gasteiger partial charge in [0.15, 0.2) is 11.6 Å². The number of likely N-dealkylation sites (N-methyl/N-ethyl adjacent to an activating group) is 1. The molecule has 0 aromatic heterocycles. The lowest BCUT2D eigenvalue weighted by Crippen LogP contribution is -2.39. The third-order valence-electron chi connectivity index (χ3n) is 4.03. The van der Waals surface area contributed by atoms with Crippen LogP contribution in [0.1, 0.15) is 24.8 Å². The van der Waals surface area contributed by atoms with Crippen LogP contribution in [0.25, 0.3) is 0 Å². The summed E-state index contributed by atoms with van der Waals surface area (Å²) in [5.74, 6) is -3.79. The summed E-state index contributed by atoms with van der Waals surface area (Å²) in [4.78, 5) is 37.1. The predicted octanol–water partition coefficient (Wildman–Crippen LogP) is 1.39. The number of likely N-dealkylation sites (tertiary alicyclic amines) is 1. The van der Waals surface area contributed by atoms with Crippen LogP contribution < -0.4 is 0 Å². The van der Waals surface area contributed by atoms with E-state index in [0.717, 1.165) is 11.0 Å². The number of carbonyl (C=O) groups excluding carboxylic acids is 2. The maximum atomic E-state index is 13.8. The SMILES string of the molecule is CN(CC(=O)O)C(=O)C[C@H]1CCC(=O)N1Cc1cccc(F)c1F. The molecule has 1 saturated heterocycles. The van der Waals surface area contributed by atoms with Crippen LogP contribution in [-0.4, -0.2) is 52.3 Å². The zero-order chi connectivity index (χ0) is 17.9. The van der Waals surface area contributed by atoms with Crippen molar-refractivity contribution in [3.05, 3.63) is 35.4 Å². The summed E-state index contributed by atoms with van der Waals surface area (Å²) in [5.41, 5.74) is 0.0431. The van der Waals surface area contributed by atoms with Crippen LogP contribution >= 0.6 is 0 Å². The van der Waals surface area contributed by atoms with E-state index in [1.807, 2.05) is 0 Å². The zero-order valence-electron chi connectivity index (χ0n) is 13.2. The summed E-state index contributed by atoms with van der Waals surface area (Å²) in [6.45, 7) is -0.555. The molecule has 1 N–H and O–H groups in total. The number of hydrogen-bond acceptors (Lipinski definition) is 3. The van der Waals surface area contributed by atoms with Crippen LogP contribution in [0.5, 0.6) is 0 Å². The van der Waals surface area contributed by atoms with E-state index < -0.39 is 36.1 Å². The number of hydrogen-bond donors (Lipinski definition) is 1. The minimum atomic E-state index is -1.13. The molecule has 130 valence electrons. The third-order valence-corrected chi connectivity index (χ3v) is 4.03. The first-order valence-electron chi connectivity index (χ1n) is 7.47. The van der Waals surface area contributed by atoms with Crippen molar-refractivity contribution in [3.63, 3.8) is 0 Å². The van der Waals surface area contributed by atoms with Gasteiger partial charge in [0.05, 0.1) is 0 Å². The Morgan fingerprint density at radius 2 is 2.08 bits per heavy atom. The van der Waals surface area contributed by atoms with E-state index in [2.05, 4.69) is 0 Å². The second kappa shape index (κ2) is 7.37. The number of benzene rings is 1. The number of nitrogens with zero attached hydrogens (tertiary/aromatic N) is 2. The number of aliphatic carboxylic acids is 1. The molecule has 1 heterocycles. The smallest absolute Gasteiger partial charge is 0.323 e. The van der Waals surface area contributed by atoms with Crippen LogP contribution in [0.3, 0.4) is 0 Å². The highest BCUT2D eigenvalue weighted by Crippen LogP contribution is 2.25. The van der Waals surface area contributed by atoms with Gasteiger partial charge in [0.2, 0.25) is 11.8 Å². The van der Waals surface area contributed by atoms with E-state index in [-0.39, 0.29) is 30.9 Å². The Labute approximate surface area is 137 Å². The van der Waals surface area contributed by atoms with Gasteiger partial charge in [-0.05, 0) is 12.5 Å². The normalized spacial score (nSPS) is 17.2. The van der Waals surface area contributed by atoms with Crippen LogP contribution in [-0.2, 0) is 20.9 Å². The topological polar surface area (TPSA) is 77.9 Å². The number of halogens is 2. The molecule has 0 saturated carbocycles. The molecule has 0 aliphatic carbocycles. The Kier molecular flexibility index (Phi) is 5.48. The first kappa shape index (κ1) is 17.8. The fourth-order valence-corrected chi connectivity index (χ4v) is 2.73. The van der Waals surface area contributed by atoms with Gasteiger partial charge in [0.25, 0.3) is 0 Å². The Morgan fingerprint density at radius 1 is 1.38 bits per heavy atom. The van der Waals surface area contributed by atoms with E-state index in [1.54, 1.807) is 0 Å². The van der Waals surface area contributed by atoms with Crippen LogP contribution in [0, 0.1) is 11.6 Å². The Hall–Kier alpha value is -2.51. The first-order valence-corrected chi connectivity index (χ1v) is 7.47. The second-order valence-corrected chi connectivity index (χ2v) is 5.77. The number of carboxylic acid groups (broad SMARTS) is 1. The minimum absolute atomic E-state index is 0.0431. The summed E-state index contributed by atoms with van der Waals surface area (Å²) in [6, 6.07) is 3.28. The molecule has 24 heavy (non-hydrogen) atoms. The summed E-state index contributed by atoms with van der Waals surface area (Å²) >= 11 is 0. The molecule has 1 aliphatic heterocycles. The monoisotopic (exact) mass is 340 g/mol. The number of carbonyl (C=O) groups is 3. The van der Waals surface area contributed by atoms with Gasteiger partial charge in [-0.3, -0.25) is 14.4 Å². The van der Waals surface area contributed by atoms with E-state index in [4.69, 9.17) is 5.11 Å². The van der Waals surface area contributed by atoms with Crippen molar-refractivity contribution < 1.29 is 28.3 Å². The Bertz CT molecular complexity index is 665. The fraction of sp³-hybridized carbons (Fsp3) is 0.438. The molecule has 6 nitrogen and oxygen atoms in total. The average Bonchev–Trinajstić information content (AvgIpc) is 2.84. The molecular weight excluding hydrogens is 322 g/mol. The Balaban J connectivity index is 2.07. The van der Waals surface area contributed by atoms with Crippen molar-refractivity contribution in [1.82, 2.24) is 9.80 Å². The highest BCUT2D eigenvalue weighted by Gasteiger charge is 2.33. The molecule has 8 heteroatoms. The lowest BCUT2D eigenvalue weighted by molar-refractivity contribution is -0.144. The lowest BCUT2D eigenvalue weighted by atomic mass is 10.1. The van der Waals surface area contributed by atoms with Crippen molar-refractivity contribution >= 4 is 17.8 Å². The molecule has 1 aromatic carbocycles. The molecule has 1 aromatic rings. The molecule has 2 rings (SSSR count).